The molecule has 0 N–H and O–H groups in total. The normalized spacial score (nSPS) is 13.1. The van der Waals surface area contributed by atoms with Crippen LogP contribution >= 0.6 is 0 Å². The number of nitrogens with zero attached hydrogens (tertiary/aromatic N) is 1. The number of benzene rings is 2. The summed E-state index contributed by atoms with van der Waals surface area (Å²) in [5.41, 5.74) is 4.14. The predicted octanol–water partition coefficient (Wildman–Crippen LogP) is 3.15. The molecule has 0 bridgehead atoms. The Morgan fingerprint density at radius 3 is 2.45 bits per heavy atom. The zero-order valence-corrected chi connectivity index (χ0v) is 16.9. The topological polar surface area (TPSA) is 65.1 Å². The van der Waals surface area contributed by atoms with E-state index in [4.69, 9.17) is 14.2 Å². The van der Waals surface area contributed by atoms with Gasteiger partial charge in [0.1, 0.15) is 0 Å². The van der Waals surface area contributed by atoms with Gasteiger partial charge in [-0.15, -0.1) is 0 Å². The lowest BCUT2D eigenvalue weighted by atomic mass is 9.99. The Labute approximate surface area is 170 Å². The van der Waals surface area contributed by atoms with Gasteiger partial charge in [-0.1, -0.05) is 24.3 Å². The highest BCUT2D eigenvalue weighted by molar-refractivity contribution is 5.89. The molecule has 6 heteroatoms. The first kappa shape index (κ1) is 20.5. The zero-order valence-electron chi connectivity index (χ0n) is 16.9. The van der Waals surface area contributed by atoms with Crippen molar-refractivity contribution < 1.29 is 23.8 Å². The van der Waals surface area contributed by atoms with Gasteiger partial charge in [-0.2, -0.15) is 0 Å². The summed E-state index contributed by atoms with van der Waals surface area (Å²) in [7, 11) is 3.19. The first-order valence-corrected chi connectivity index (χ1v) is 9.44. The van der Waals surface area contributed by atoms with Crippen LogP contribution in [0.5, 0.6) is 11.5 Å². The quantitative estimate of drug-likeness (QED) is 0.555. The number of amides is 1. The van der Waals surface area contributed by atoms with Gasteiger partial charge in [0.2, 0.25) is 0 Å². The number of ether oxygens (including phenoxy) is 3. The molecule has 1 aliphatic heterocycles. The summed E-state index contributed by atoms with van der Waals surface area (Å²) in [6, 6.07) is 11.6. The van der Waals surface area contributed by atoms with Crippen molar-refractivity contribution in [3.8, 4) is 11.5 Å². The van der Waals surface area contributed by atoms with E-state index in [9.17, 15) is 9.59 Å². The average Bonchev–Trinajstić information content (AvgIpc) is 2.75. The van der Waals surface area contributed by atoms with Gasteiger partial charge in [0, 0.05) is 19.2 Å². The SMILES string of the molecule is COc1cc2c(cc1OC)CN(C(=O)COC(=O)/C=C/c1ccccc1C)CC2. The smallest absolute Gasteiger partial charge is 0.331 e. The molecule has 3 rings (SSSR count). The Kier molecular flexibility index (Phi) is 6.54. The number of hydrogen-bond acceptors (Lipinski definition) is 5. The third kappa shape index (κ3) is 4.96. The summed E-state index contributed by atoms with van der Waals surface area (Å²) >= 11 is 0. The molecule has 1 aliphatic rings. The van der Waals surface area contributed by atoms with Crippen molar-refractivity contribution in [2.24, 2.45) is 0 Å². The maximum absolute atomic E-state index is 12.5. The summed E-state index contributed by atoms with van der Waals surface area (Å²) < 4.78 is 15.8. The van der Waals surface area contributed by atoms with Crippen molar-refractivity contribution >= 4 is 18.0 Å². The van der Waals surface area contributed by atoms with Gasteiger partial charge >= 0.3 is 5.97 Å². The van der Waals surface area contributed by atoms with Crippen LogP contribution in [0.1, 0.15) is 22.3 Å². The molecule has 2 aromatic rings. The van der Waals surface area contributed by atoms with E-state index in [0.29, 0.717) is 31.0 Å². The first-order valence-electron chi connectivity index (χ1n) is 9.44. The van der Waals surface area contributed by atoms with E-state index >= 15 is 0 Å². The second kappa shape index (κ2) is 9.28. The average molecular weight is 395 g/mol. The predicted molar refractivity (Wildman–Crippen MR) is 110 cm³/mol. The Morgan fingerprint density at radius 1 is 1.07 bits per heavy atom. The Balaban J connectivity index is 1.57. The lowest BCUT2D eigenvalue weighted by Gasteiger charge is -2.29. The summed E-state index contributed by atoms with van der Waals surface area (Å²) in [5.74, 6) is 0.558. The van der Waals surface area contributed by atoms with Crippen molar-refractivity contribution in [2.45, 2.75) is 19.9 Å². The molecule has 0 spiro atoms. The zero-order chi connectivity index (χ0) is 20.8. The molecule has 0 aliphatic carbocycles. The number of esters is 1. The van der Waals surface area contributed by atoms with Gasteiger partial charge < -0.3 is 19.1 Å². The highest BCUT2D eigenvalue weighted by atomic mass is 16.5. The van der Waals surface area contributed by atoms with Gasteiger partial charge in [-0.25, -0.2) is 4.79 Å². The fourth-order valence-electron chi connectivity index (χ4n) is 3.30. The van der Waals surface area contributed by atoms with Crippen LogP contribution < -0.4 is 9.47 Å². The lowest BCUT2D eigenvalue weighted by molar-refractivity contribution is -0.148. The molecule has 1 heterocycles. The minimum atomic E-state index is -0.537. The Hall–Kier alpha value is -3.28. The van der Waals surface area contributed by atoms with Crippen molar-refractivity contribution in [1.29, 1.82) is 0 Å². The Morgan fingerprint density at radius 2 is 1.76 bits per heavy atom. The number of aryl methyl sites for hydroxylation is 1. The molecule has 2 aromatic carbocycles. The van der Waals surface area contributed by atoms with Crippen LogP contribution in [-0.2, 0) is 27.3 Å². The van der Waals surface area contributed by atoms with Gasteiger partial charge in [-0.3, -0.25) is 4.79 Å². The molecule has 0 atom stereocenters. The summed E-state index contributed by atoms with van der Waals surface area (Å²) in [6.07, 6.45) is 3.75. The van der Waals surface area contributed by atoms with E-state index in [1.54, 1.807) is 25.2 Å². The van der Waals surface area contributed by atoms with Crippen LogP contribution in [0.4, 0.5) is 0 Å². The molecule has 0 saturated heterocycles. The summed E-state index contributed by atoms with van der Waals surface area (Å²) in [6.45, 7) is 2.70. The molecule has 0 radical (unpaired) electrons. The van der Waals surface area contributed by atoms with Gasteiger partial charge in [0.15, 0.2) is 18.1 Å². The van der Waals surface area contributed by atoms with Crippen molar-refractivity contribution in [1.82, 2.24) is 4.90 Å². The summed E-state index contributed by atoms with van der Waals surface area (Å²) in [5, 5.41) is 0. The molecule has 0 unspecified atom stereocenters. The van der Waals surface area contributed by atoms with Crippen molar-refractivity contribution in [2.75, 3.05) is 27.4 Å². The number of carbonyl (C=O) groups excluding carboxylic acids is 2. The lowest BCUT2D eigenvalue weighted by Crippen LogP contribution is -2.38. The van der Waals surface area contributed by atoms with E-state index in [1.807, 2.05) is 43.3 Å². The molecule has 152 valence electrons. The molecule has 0 aromatic heterocycles. The minimum absolute atomic E-state index is 0.219. The number of methoxy groups -OCH3 is 2. The Bertz CT molecular complexity index is 935. The van der Waals surface area contributed by atoms with E-state index in [1.165, 1.54) is 6.08 Å². The third-order valence-corrected chi connectivity index (χ3v) is 5.00. The highest BCUT2D eigenvalue weighted by Crippen LogP contribution is 2.33. The van der Waals surface area contributed by atoms with Crippen molar-refractivity contribution in [3.63, 3.8) is 0 Å². The van der Waals surface area contributed by atoms with E-state index in [-0.39, 0.29) is 12.5 Å². The second-order valence-corrected chi connectivity index (χ2v) is 6.84. The van der Waals surface area contributed by atoms with E-state index < -0.39 is 5.97 Å². The van der Waals surface area contributed by atoms with E-state index in [0.717, 1.165) is 22.3 Å². The number of hydrogen-bond donors (Lipinski definition) is 0. The van der Waals surface area contributed by atoms with E-state index in [2.05, 4.69) is 0 Å². The number of rotatable bonds is 6. The fraction of sp³-hybridized carbons (Fsp3) is 0.304. The maximum atomic E-state index is 12.5. The molecule has 6 nitrogen and oxygen atoms in total. The summed E-state index contributed by atoms with van der Waals surface area (Å²) in [4.78, 5) is 26.1. The minimum Gasteiger partial charge on any atom is -0.493 e. The van der Waals surface area contributed by atoms with Crippen LogP contribution in [0.25, 0.3) is 6.08 Å². The fourth-order valence-corrected chi connectivity index (χ4v) is 3.30. The number of carbonyl (C=O) groups is 2. The van der Waals surface area contributed by atoms with Crippen LogP contribution in [0.2, 0.25) is 0 Å². The van der Waals surface area contributed by atoms with Crippen LogP contribution in [-0.4, -0.2) is 44.1 Å². The van der Waals surface area contributed by atoms with Crippen LogP contribution in [0.3, 0.4) is 0 Å². The standard InChI is InChI=1S/C23H25NO5/c1-16-6-4-5-7-17(16)8-9-23(26)29-15-22(25)24-11-10-18-12-20(27-2)21(28-3)13-19(18)14-24/h4-9,12-13H,10-11,14-15H2,1-3H3/b9-8+. The van der Waals surface area contributed by atoms with Gasteiger partial charge in [0.25, 0.3) is 5.91 Å². The molecular formula is C23H25NO5. The number of fused-ring (bicyclic) bond motifs is 1. The van der Waals surface area contributed by atoms with Crippen LogP contribution in [0.15, 0.2) is 42.5 Å². The third-order valence-electron chi connectivity index (χ3n) is 5.00. The maximum Gasteiger partial charge on any atom is 0.331 e. The molecule has 0 saturated carbocycles. The second-order valence-electron chi connectivity index (χ2n) is 6.84. The van der Waals surface area contributed by atoms with Gasteiger partial charge in [0.05, 0.1) is 14.2 Å². The monoisotopic (exact) mass is 395 g/mol. The highest BCUT2D eigenvalue weighted by Gasteiger charge is 2.23. The molecule has 29 heavy (non-hydrogen) atoms. The molecule has 0 fully saturated rings. The van der Waals surface area contributed by atoms with Crippen molar-refractivity contribution in [3.05, 3.63) is 64.7 Å². The first-order chi connectivity index (χ1) is 14.0. The van der Waals surface area contributed by atoms with Crippen LogP contribution in [0, 0.1) is 6.92 Å². The molecule has 1 amide bonds. The molecular weight excluding hydrogens is 370 g/mol. The van der Waals surface area contributed by atoms with Gasteiger partial charge in [-0.05, 0) is 53.8 Å². The largest absolute Gasteiger partial charge is 0.493 e.